The Balaban J connectivity index is 2.41. The maximum atomic E-state index is 5.09. The molecule has 1 aromatic carbocycles. The van der Waals surface area contributed by atoms with Crippen molar-refractivity contribution in [1.82, 2.24) is 0 Å². The highest BCUT2D eigenvalue weighted by atomic mass is 16.5. The van der Waals surface area contributed by atoms with Gasteiger partial charge in [-0.3, -0.25) is 0 Å². The van der Waals surface area contributed by atoms with Crippen LogP contribution in [-0.4, -0.2) is 6.61 Å². The van der Waals surface area contributed by atoms with E-state index in [0.717, 1.165) is 5.56 Å². The molecule has 0 saturated heterocycles. The zero-order chi connectivity index (χ0) is 8.65. The molecular weight excluding hydrogens is 148 g/mol. The highest BCUT2D eigenvalue weighted by Gasteiger charge is 1.80. The molecule has 0 aromatic heterocycles. The van der Waals surface area contributed by atoms with Crippen molar-refractivity contribution in [3.8, 4) is 0 Å². The average Bonchev–Trinajstić information content (AvgIpc) is 2.14. The molecule has 0 spiro atoms. The van der Waals surface area contributed by atoms with Crippen molar-refractivity contribution in [3.63, 3.8) is 0 Å². The quantitative estimate of drug-likeness (QED) is 0.374. The summed E-state index contributed by atoms with van der Waals surface area (Å²) in [5, 5.41) is 0. The second-order valence-corrected chi connectivity index (χ2v) is 2.34. The Morgan fingerprint density at radius 2 is 2.00 bits per heavy atom. The van der Waals surface area contributed by atoms with Crippen molar-refractivity contribution < 1.29 is 4.74 Å². The molecule has 0 radical (unpaired) electrons. The molecule has 0 N–H and O–H groups in total. The molecule has 1 aromatic rings. The van der Waals surface area contributed by atoms with Crippen molar-refractivity contribution in [2.24, 2.45) is 0 Å². The molecule has 0 aliphatic carbocycles. The summed E-state index contributed by atoms with van der Waals surface area (Å²) in [7, 11) is 0. The van der Waals surface area contributed by atoms with Crippen LogP contribution < -0.4 is 0 Å². The lowest BCUT2D eigenvalue weighted by Crippen LogP contribution is -1.78. The zero-order valence-corrected chi connectivity index (χ0v) is 6.94. The number of benzene rings is 1. The number of hydrogen-bond donors (Lipinski definition) is 0. The second kappa shape index (κ2) is 5.19. The number of ether oxygens (including phenoxy) is 1. The monoisotopic (exact) mass is 160 g/mol. The fraction of sp³-hybridized carbons (Fsp3) is 0.0909. The second-order valence-electron chi connectivity index (χ2n) is 2.34. The molecule has 0 atom stereocenters. The Labute approximate surface area is 73.0 Å². The highest BCUT2D eigenvalue weighted by molar-refractivity contribution is 5.47. The Hall–Kier alpha value is -1.50. The molecule has 12 heavy (non-hydrogen) atoms. The number of hydrogen-bond acceptors (Lipinski definition) is 1. The van der Waals surface area contributed by atoms with Gasteiger partial charge in [0.05, 0.1) is 6.26 Å². The molecule has 0 saturated carbocycles. The van der Waals surface area contributed by atoms with Gasteiger partial charge >= 0.3 is 0 Å². The van der Waals surface area contributed by atoms with Gasteiger partial charge in [0.2, 0.25) is 0 Å². The van der Waals surface area contributed by atoms with Crippen LogP contribution in [-0.2, 0) is 4.74 Å². The molecule has 62 valence electrons. The molecule has 0 heterocycles. The molecule has 1 heteroatoms. The van der Waals surface area contributed by atoms with E-state index in [-0.39, 0.29) is 0 Å². The lowest BCUT2D eigenvalue weighted by Gasteiger charge is -1.93. The van der Waals surface area contributed by atoms with Gasteiger partial charge in [0.25, 0.3) is 0 Å². The van der Waals surface area contributed by atoms with Crippen LogP contribution in [0.1, 0.15) is 5.56 Å². The normalized spacial score (nSPS) is 10.0. The van der Waals surface area contributed by atoms with Crippen LogP contribution in [0.4, 0.5) is 0 Å². The minimum absolute atomic E-state index is 0.559. The van der Waals surface area contributed by atoms with Crippen molar-refractivity contribution >= 4 is 6.08 Å². The van der Waals surface area contributed by atoms with Gasteiger partial charge in [0.1, 0.15) is 6.61 Å². The lowest BCUT2D eigenvalue weighted by atomic mass is 10.2. The minimum Gasteiger partial charge on any atom is -0.497 e. The van der Waals surface area contributed by atoms with E-state index in [2.05, 4.69) is 6.58 Å². The van der Waals surface area contributed by atoms with Crippen LogP contribution in [0.5, 0.6) is 0 Å². The van der Waals surface area contributed by atoms with E-state index in [9.17, 15) is 0 Å². The Bertz CT molecular complexity index is 249. The maximum absolute atomic E-state index is 5.09. The molecule has 1 nitrogen and oxygen atoms in total. The van der Waals surface area contributed by atoms with E-state index < -0.39 is 0 Å². The fourth-order valence-corrected chi connectivity index (χ4v) is 0.814. The minimum atomic E-state index is 0.559. The third-order valence-electron chi connectivity index (χ3n) is 1.37. The first-order chi connectivity index (χ1) is 5.93. The van der Waals surface area contributed by atoms with E-state index >= 15 is 0 Å². The van der Waals surface area contributed by atoms with Crippen molar-refractivity contribution in [2.45, 2.75) is 0 Å². The van der Waals surface area contributed by atoms with Crippen LogP contribution >= 0.6 is 0 Å². The molecule has 0 unspecified atom stereocenters. The maximum Gasteiger partial charge on any atom is 0.105 e. The molecule has 0 fully saturated rings. The zero-order valence-electron chi connectivity index (χ0n) is 6.94. The van der Waals surface area contributed by atoms with Gasteiger partial charge in [-0.05, 0) is 11.6 Å². The third-order valence-corrected chi connectivity index (χ3v) is 1.37. The summed E-state index contributed by atoms with van der Waals surface area (Å²) in [6, 6.07) is 10.0. The molecule has 0 aliphatic rings. The van der Waals surface area contributed by atoms with Crippen molar-refractivity contribution in [1.29, 1.82) is 0 Å². The van der Waals surface area contributed by atoms with Gasteiger partial charge in [0, 0.05) is 0 Å². The average molecular weight is 160 g/mol. The van der Waals surface area contributed by atoms with Crippen molar-refractivity contribution in [2.75, 3.05) is 6.61 Å². The predicted molar refractivity (Wildman–Crippen MR) is 51.6 cm³/mol. The van der Waals surface area contributed by atoms with Crippen LogP contribution in [0.25, 0.3) is 6.08 Å². The summed E-state index contributed by atoms with van der Waals surface area (Å²) < 4.78 is 5.09. The number of rotatable bonds is 4. The van der Waals surface area contributed by atoms with Crippen LogP contribution in [0.3, 0.4) is 0 Å². The SMILES string of the molecule is C=CCO/C=C\c1ccccc1. The summed E-state index contributed by atoms with van der Waals surface area (Å²) in [6.07, 6.45) is 5.32. The molecule has 0 bridgehead atoms. The largest absolute Gasteiger partial charge is 0.497 e. The van der Waals surface area contributed by atoms with E-state index in [1.165, 1.54) is 0 Å². The van der Waals surface area contributed by atoms with E-state index in [0.29, 0.717) is 6.61 Å². The van der Waals surface area contributed by atoms with Crippen LogP contribution in [0, 0.1) is 0 Å². The first kappa shape index (κ1) is 8.60. The summed E-state index contributed by atoms with van der Waals surface area (Å²) in [4.78, 5) is 0. The van der Waals surface area contributed by atoms with Gasteiger partial charge in [-0.25, -0.2) is 0 Å². The highest BCUT2D eigenvalue weighted by Crippen LogP contribution is 2.00. The fourth-order valence-electron chi connectivity index (χ4n) is 0.814. The molecule has 0 aliphatic heterocycles. The van der Waals surface area contributed by atoms with Gasteiger partial charge in [0.15, 0.2) is 0 Å². The predicted octanol–water partition coefficient (Wildman–Crippen LogP) is 2.86. The topological polar surface area (TPSA) is 9.23 Å². The summed E-state index contributed by atoms with van der Waals surface area (Å²) in [6.45, 7) is 4.11. The molecular formula is C11H12O. The standard InChI is InChI=1S/C11H12O/c1-2-9-12-10-8-11-6-4-3-5-7-11/h2-8,10H,1,9H2/b10-8-. The first-order valence-electron chi connectivity index (χ1n) is 3.87. The first-order valence-corrected chi connectivity index (χ1v) is 3.87. The van der Waals surface area contributed by atoms with Crippen molar-refractivity contribution in [3.05, 3.63) is 54.8 Å². The molecule has 0 amide bonds. The van der Waals surface area contributed by atoms with Gasteiger partial charge < -0.3 is 4.74 Å². The van der Waals surface area contributed by atoms with Gasteiger partial charge in [-0.15, -0.1) is 0 Å². The Morgan fingerprint density at radius 3 is 2.67 bits per heavy atom. The van der Waals surface area contributed by atoms with Gasteiger partial charge in [-0.2, -0.15) is 0 Å². The van der Waals surface area contributed by atoms with E-state index in [1.807, 2.05) is 36.4 Å². The Morgan fingerprint density at radius 1 is 1.25 bits per heavy atom. The third kappa shape index (κ3) is 3.06. The van der Waals surface area contributed by atoms with Gasteiger partial charge in [-0.1, -0.05) is 43.0 Å². The van der Waals surface area contributed by atoms with E-state index in [1.54, 1.807) is 12.3 Å². The lowest BCUT2D eigenvalue weighted by molar-refractivity contribution is 0.293. The Kier molecular flexibility index (Phi) is 3.72. The molecule has 1 rings (SSSR count). The summed E-state index contributed by atoms with van der Waals surface area (Å²) in [5.74, 6) is 0. The summed E-state index contributed by atoms with van der Waals surface area (Å²) >= 11 is 0. The smallest absolute Gasteiger partial charge is 0.105 e. The van der Waals surface area contributed by atoms with Crippen LogP contribution in [0.15, 0.2) is 49.2 Å². The van der Waals surface area contributed by atoms with E-state index in [4.69, 9.17) is 4.74 Å². The van der Waals surface area contributed by atoms with Crippen LogP contribution in [0.2, 0.25) is 0 Å². The summed E-state index contributed by atoms with van der Waals surface area (Å²) in [5.41, 5.74) is 1.14.